The minimum absolute atomic E-state index is 0.527. The van der Waals surface area contributed by atoms with Gasteiger partial charge in [-0.2, -0.15) is 0 Å². The van der Waals surface area contributed by atoms with Gasteiger partial charge in [0.1, 0.15) is 0 Å². The molecule has 0 spiro atoms. The molecular formula is C12H19ClN2. The average Bonchev–Trinajstić information content (AvgIpc) is 2.27. The summed E-state index contributed by atoms with van der Waals surface area (Å²) < 4.78 is 0. The Morgan fingerprint density at radius 1 is 1.40 bits per heavy atom. The van der Waals surface area contributed by atoms with Crippen molar-refractivity contribution in [2.24, 2.45) is 0 Å². The van der Waals surface area contributed by atoms with Crippen LogP contribution in [-0.4, -0.2) is 17.6 Å². The van der Waals surface area contributed by atoms with Gasteiger partial charge in [0.05, 0.1) is 5.02 Å². The van der Waals surface area contributed by atoms with Gasteiger partial charge in [0.15, 0.2) is 0 Å². The Kier molecular flexibility index (Phi) is 5.66. The van der Waals surface area contributed by atoms with Gasteiger partial charge in [-0.1, -0.05) is 25.4 Å². The van der Waals surface area contributed by atoms with Crippen molar-refractivity contribution in [3.8, 4) is 0 Å². The van der Waals surface area contributed by atoms with E-state index in [1.54, 1.807) is 6.20 Å². The Labute approximate surface area is 97.1 Å². The van der Waals surface area contributed by atoms with Crippen molar-refractivity contribution >= 4 is 11.6 Å². The lowest BCUT2D eigenvalue weighted by Gasteiger charge is -2.15. The van der Waals surface area contributed by atoms with Crippen molar-refractivity contribution in [3.05, 3.63) is 29.0 Å². The first kappa shape index (κ1) is 12.5. The van der Waals surface area contributed by atoms with E-state index in [4.69, 9.17) is 11.6 Å². The first-order chi connectivity index (χ1) is 7.26. The molecular weight excluding hydrogens is 208 g/mol. The predicted molar refractivity (Wildman–Crippen MR) is 65.3 cm³/mol. The smallest absolute Gasteiger partial charge is 0.0589 e. The van der Waals surface area contributed by atoms with Crippen molar-refractivity contribution in [2.75, 3.05) is 6.54 Å². The maximum atomic E-state index is 5.79. The molecule has 1 N–H and O–H groups in total. The predicted octanol–water partition coefficient (Wildman–Crippen LogP) is 3.06. The van der Waals surface area contributed by atoms with Crippen molar-refractivity contribution in [2.45, 2.75) is 39.2 Å². The number of hydrogen-bond donors (Lipinski definition) is 1. The molecule has 1 aromatic rings. The number of aromatic nitrogens is 1. The number of pyridine rings is 1. The lowest BCUT2D eigenvalue weighted by Crippen LogP contribution is -2.31. The zero-order valence-corrected chi connectivity index (χ0v) is 10.2. The molecule has 2 nitrogen and oxygen atoms in total. The van der Waals surface area contributed by atoms with Gasteiger partial charge in [0.25, 0.3) is 0 Å². The van der Waals surface area contributed by atoms with Crippen LogP contribution < -0.4 is 5.32 Å². The number of nitrogens with zero attached hydrogens (tertiary/aromatic N) is 1. The summed E-state index contributed by atoms with van der Waals surface area (Å²) in [6.45, 7) is 5.45. The molecule has 0 fully saturated rings. The van der Waals surface area contributed by atoms with Crippen LogP contribution in [-0.2, 0) is 6.42 Å². The minimum atomic E-state index is 0.527. The van der Waals surface area contributed by atoms with Crippen LogP contribution in [0.3, 0.4) is 0 Å². The van der Waals surface area contributed by atoms with Crippen LogP contribution in [0.5, 0.6) is 0 Å². The Balaban J connectivity index is 2.47. The van der Waals surface area contributed by atoms with Crippen molar-refractivity contribution in [1.29, 1.82) is 0 Å². The topological polar surface area (TPSA) is 24.9 Å². The van der Waals surface area contributed by atoms with Crippen molar-refractivity contribution in [1.82, 2.24) is 10.3 Å². The zero-order valence-electron chi connectivity index (χ0n) is 9.46. The third-order valence-electron chi connectivity index (χ3n) is 2.42. The fourth-order valence-electron chi connectivity index (χ4n) is 1.49. The molecule has 0 amide bonds. The molecule has 0 saturated heterocycles. The fraction of sp³-hybridized carbons (Fsp3) is 0.583. The Bertz CT molecular complexity index is 271. The highest BCUT2D eigenvalue weighted by Gasteiger charge is 2.06. The summed E-state index contributed by atoms with van der Waals surface area (Å²) in [5.74, 6) is 0. The molecule has 0 radical (unpaired) electrons. The van der Waals surface area contributed by atoms with Gasteiger partial charge >= 0.3 is 0 Å². The highest BCUT2D eigenvalue weighted by molar-refractivity contribution is 6.30. The fourth-order valence-corrected chi connectivity index (χ4v) is 1.60. The van der Waals surface area contributed by atoms with E-state index in [2.05, 4.69) is 24.1 Å². The second-order valence-corrected chi connectivity index (χ2v) is 4.17. The lowest BCUT2D eigenvalue weighted by atomic mass is 10.1. The summed E-state index contributed by atoms with van der Waals surface area (Å²) in [6.07, 6.45) is 4.99. The van der Waals surface area contributed by atoms with Gasteiger partial charge in [0, 0.05) is 24.4 Å². The largest absolute Gasteiger partial charge is 0.314 e. The molecule has 0 aliphatic carbocycles. The molecule has 1 aromatic heterocycles. The van der Waals surface area contributed by atoms with E-state index >= 15 is 0 Å². The lowest BCUT2D eigenvalue weighted by molar-refractivity contribution is 0.490. The molecule has 1 atom stereocenters. The van der Waals surface area contributed by atoms with Crippen LogP contribution in [0, 0.1) is 0 Å². The highest BCUT2D eigenvalue weighted by Crippen LogP contribution is 2.08. The first-order valence-corrected chi connectivity index (χ1v) is 5.97. The maximum Gasteiger partial charge on any atom is 0.0589 e. The first-order valence-electron chi connectivity index (χ1n) is 5.60. The van der Waals surface area contributed by atoms with Gasteiger partial charge in [-0.3, -0.25) is 4.98 Å². The molecule has 0 aromatic carbocycles. The quantitative estimate of drug-likeness (QED) is 0.807. The number of halogens is 1. The summed E-state index contributed by atoms with van der Waals surface area (Å²) in [5.41, 5.74) is 1.11. The average molecular weight is 227 g/mol. The van der Waals surface area contributed by atoms with Gasteiger partial charge < -0.3 is 5.32 Å². The third-order valence-corrected chi connectivity index (χ3v) is 2.64. The van der Waals surface area contributed by atoms with Gasteiger partial charge in [-0.05, 0) is 31.5 Å². The molecule has 0 aliphatic heterocycles. The van der Waals surface area contributed by atoms with E-state index in [1.807, 2.05) is 12.1 Å². The molecule has 84 valence electrons. The summed E-state index contributed by atoms with van der Waals surface area (Å²) in [4.78, 5) is 4.30. The summed E-state index contributed by atoms with van der Waals surface area (Å²) in [6, 6.07) is 4.42. The summed E-state index contributed by atoms with van der Waals surface area (Å²) >= 11 is 5.79. The van der Waals surface area contributed by atoms with Crippen LogP contribution in [0.2, 0.25) is 5.02 Å². The minimum Gasteiger partial charge on any atom is -0.314 e. The molecule has 1 heterocycles. The van der Waals surface area contributed by atoms with E-state index < -0.39 is 0 Å². The summed E-state index contributed by atoms with van der Waals surface area (Å²) in [7, 11) is 0. The maximum absolute atomic E-state index is 5.79. The molecule has 1 unspecified atom stereocenters. The standard InChI is InChI=1S/C12H19ClN2/c1-3-7-14-11(4-2)8-12-6-5-10(13)9-15-12/h5-6,9,11,14H,3-4,7-8H2,1-2H3. The monoisotopic (exact) mass is 226 g/mol. The van der Waals surface area contributed by atoms with Gasteiger partial charge in [-0.15, -0.1) is 0 Å². The van der Waals surface area contributed by atoms with Crippen molar-refractivity contribution < 1.29 is 0 Å². The molecule has 15 heavy (non-hydrogen) atoms. The second-order valence-electron chi connectivity index (χ2n) is 3.73. The number of nitrogens with one attached hydrogen (secondary N) is 1. The number of rotatable bonds is 6. The van der Waals surface area contributed by atoms with Gasteiger partial charge in [-0.25, -0.2) is 0 Å². The van der Waals surface area contributed by atoms with Crippen LogP contribution in [0.15, 0.2) is 18.3 Å². The van der Waals surface area contributed by atoms with Crippen LogP contribution in [0.25, 0.3) is 0 Å². The molecule has 0 aliphatic rings. The second kappa shape index (κ2) is 6.81. The third kappa shape index (κ3) is 4.63. The Morgan fingerprint density at radius 3 is 2.73 bits per heavy atom. The van der Waals surface area contributed by atoms with E-state index in [9.17, 15) is 0 Å². The molecule has 0 bridgehead atoms. The molecule has 3 heteroatoms. The highest BCUT2D eigenvalue weighted by atomic mass is 35.5. The normalized spacial score (nSPS) is 12.7. The zero-order chi connectivity index (χ0) is 11.1. The Morgan fingerprint density at radius 2 is 2.20 bits per heavy atom. The van der Waals surface area contributed by atoms with Crippen LogP contribution in [0.1, 0.15) is 32.4 Å². The van der Waals surface area contributed by atoms with Crippen LogP contribution >= 0.6 is 11.6 Å². The summed E-state index contributed by atoms with van der Waals surface area (Å²) in [5, 5.41) is 4.21. The van der Waals surface area contributed by atoms with E-state index in [1.165, 1.54) is 6.42 Å². The van der Waals surface area contributed by atoms with E-state index in [-0.39, 0.29) is 0 Å². The number of hydrogen-bond acceptors (Lipinski definition) is 2. The van der Waals surface area contributed by atoms with Crippen molar-refractivity contribution in [3.63, 3.8) is 0 Å². The Hall–Kier alpha value is -0.600. The SMILES string of the molecule is CCCNC(CC)Cc1ccc(Cl)cn1. The molecule has 0 saturated carbocycles. The van der Waals surface area contributed by atoms with Gasteiger partial charge in [0.2, 0.25) is 0 Å². The van der Waals surface area contributed by atoms with E-state index in [0.29, 0.717) is 11.1 Å². The van der Waals surface area contributed by atoms with E-state index in [0.717, 1.165) is 25.1 Å². The van der Waals surface area contributed by atoms with Crippen LogP contribution in [0.4, 0.5) is 0 Å². The molecule has 1 rings (SSSR count).